The summed E-state index contributed by atoms with van der Waals surface area (Å²) >= 11 is 0. The van der Waals surface area contributed by atoms with E-state index in [-0.39, 0.29) is 0 Å². The third-order valence-electron chi connectivity index (χ3n) is 7.36. The zero-order valence-corrected chi connectivity index (χ0v) is 40.7. The van der Waals surface area contributed by atoms with Crippen LogP contribution in [0.2, 0.25) is 0 Å². The molecular formula is C12H26O32Si11. The van der Waals surface area contributed by atoms with Gasteiger partial charge in [0, 0.05) is 0 Å². The Bertz CT molecular complexity index is 1190. The van der Waals surface area contributed by atoms with E-state index in [9.17, 15) is 0 Å². The molecule has 16 atom stereocenters. The van der Waals surface area contributed by atoms with Crippen molar-refractivity contribution in [3.63, 3.8) is 0 Å². The van der Waals surface area contributed by atoms with Crippen molar-refractivity contribution in [2.24, 2.45) is 0 Å². The summed E-state index contributed by atoms with van der Waals surface area (Å²) in [5.74, 6) is 0. The topological polar surface area (TPSA) is 295 Å². The number of hydrogen-bond donors (Lipinski definition) is 0. The quantitative estimate of drug-likeness (QED) is 0.220. The van der Waals surface area contributed by atoms with Crippen molar-refractivity contribution >= 4 is 106 Å². The number of fused-ring (bicyclic) bond motifs is 15. The zero-order chi connectivity index (χ0) is 36.5. The normalized spacial score (nSPS) is 56.0. The summed E-state index contributed by atoms with van der Waals surface area (Å²) in [6.07, 6.45) is -2.62. The summed E-state index contributed by atoms with van der Waals surface area (Å²) in [6.45, 7) is -15.0. The van der Waals surface area contributed by atoms with Crippen molar-refractivity contribution in [1.29, 1.82) is 0 Å². The van der Waals surface area contributed by atoms with Gasteiger partial charge in [0.25, 0.3) is 74.8 Å². The van der Waals surface area contributed by atoms with Gasteiger partial charge in [0.05, 0.1) is 0 Å². The van der Waals surface area contributed by atoms with E-state index in [1.165, 1.54) is 0 Å². The Morgan fingerprint density at radius 2 is 0.509 bits per heavy atom. The molecule has 0 spiro atoms. The highest BCUT2D eigenvalue weighted by Crippen LogP contribution is 2.36. The van der Waals surface area contributed by atoms with Gasteiger partial charge in [0.2, 0.25) is 12.6 Å². The van der Waals surface area contributed by atoms with Gasteiger partial charge in [-0.2, -0.15) is 0 Å². The summed E-state index contributed by atoms with van der Waals surface area (Å²) in [4.78, 5) is 0. The lowest BCUT2D eigenvalue weighted by atomic mass is 10.6. The molecule has 11 rings (SSSR count). The number of hydrogen-bond acceptors (Lipinski definition) is 32. The molecule has 55 heavy (non-hydrogen) atoms. The number of ether oxygens (including phenoxy) is 17. The molecule has 11 heterocycles. The molecule has 32 nitrogen and oxygen atoms in total. The second kappa shape index (κ2) is 17.1. The predicted octanol–water partition coefficient (Wildman–Crippen LogP) is -11.1. The summed E-state index contributed by atoms with van der Waals surface area (Å²) in [5, 5.41) is 0. The monoisotopic (exact) mass is 990 g/mol. The van der Waals surface area contributed by atoms with Gasteiger partial charge in [-0.25, -0.2) is 0 Å². The minimum absolute atomic E-state index is 0.404. The molecule has 11 fully saturated rings. The fraction of sp³-hybridized carbons (Fsp3) is 1.00. The SMILES string of the molecule is O1C2OC3OC4OC1OC1OC(O2)OC2OC(O1)OC1OC(O4)OC(O3)OC1O2.[SiH3]O[SiH]1O[SiH]2O[SiH]3O[SiH2]O[SiH]4O[SiH](O1)O[SiH]1O[SiH](O4)O[SiH](O3)O[SiH](O2)O1. The molecule has 0 aromatic heterocycles. The first-order chi connectivity index (χ1) is 26.9. The summed E-state index contributed by atoms with van der Waals surface area (Å²) in [6, 6.07) is 0. The van der Waals surface area contributed by atoms with Crippen molar-refractivity contribution < 1.29 is 142 Å². The smallest absolute Gasteiger partial charge is 0.428 e. The standard InChI is InChI=1S/C12H12O17.H14O15Si11/c13-1-2-15-5-17-3(13)19-7-23-9(21-5)27-12-28-10-22-6(16-2)18-4(14-1)20-8(24-10)26-11(25-7)29-12;16-1-18-4-21-6-19-2-17-3-20-7-22(5-18)11-26-14-24(9-20)12-23(8-19)13-25(10-21)15-26/h1-12H;18-26H,17H2,16H3. The van der Waals surface area contributed by atoms with E-state index in [0.717, 1.165) is 0 Å². The van der Waals surface area contributed by atoms with E-state index in [4.69, 9.17) is 142 Å². The van der Waals surface area contributed by atoms with Crippen LogP contribution in [0.15, 0.2) is 0 Å². The van der Waals surface area contributed by atoms with Crippen LogP contribution in [0.4, 0.5) is 0 Å². The maximum absolute atomic E-state index is 5.89. The Morgan fingerprint density at radius 3 is 0.764 bits per heavy atom. The van der Waals surface area contributed by atoms with Crippen molar-refractivity contribution in [2.75, 3.05) is 0 Å². The molecule has 43 heteroatoms. The van der Waals surface area contributed by atoms with Crippen molar-refractivity contribution in [1.82, 2.24) is 0 Å². The van der Waals surface area contributed by atoms with Crippen LogP contribution in [0.5, 0.6) is 0 Å². The van der Waals surface area contributed by atoms with E-state index >= 15 is 0 Å². The maximum Gasteiger partial charge on any atom is 0.461 e. The predicted molar refractivity (Wildman–Crippen MR) is 163 cm³/mol. The molecule has 310 valence electrons. The lowest BCUT2D eigenvalue weighted by Crippen LogP contribution is -2.64. The Morgan fingerprint density at radius 1 is 0.291 bits per heavy atom. The lowest BCUT2D eigenvalue weighted by Gasteiger charge is -2.42. The van der Waals surface area contributed by atoms with Crippen LogP contribution in [0.3, 0.4) is 0 Å². The highest BCUT2D eigenvalue weighted by atomic mass is 28.6. The van der Waals surface area contributed by atoms with Gasteiger partial charge < -0.3 is 61.7 Å². The Hall–Kier alpha value is 1.11. The molecule has 16 unspecified atom stereocenters. The summed E-state index contributed by atoms with van der Waals surface area (Å²) in [7, 11) is -25.3. The average Bonchev–Trinajstić information content (AvgIpc) is 3.34. The van der Waals surface area contributed by atoms with Crippen LogP contribution in [0.1, 0.15) is 0 Å². The maximum atomic E-state index is 5.89. The van der Waals surface area contributed by atoms with Crippen LogP contribution in [-0.4, -0.2) is 184 Å². The number of rotatable bonds is 1. The molecule has 18 bridgehead atoms. The third kappa shape index (κ3) is 9.32. The molecule has 0 aromatic rings. The van der Waals surface area contributed by atoms with E-state index < -0.39 is 173 Å². The van der Waals surface area contributed by atoms with E-state index in [2.05, 4.69) is 0 Å². The van der Waals surface area contributed by atoms with Gasteiger partial charge >= 0.3 is 85.7 Å². The van der Waals surface area contributed by atoms with E-state index in [1.54, 1.807) is 0 Å². The fourth-order valence-electron chi connectivity index (χ4n) is 5.08. The minimum Gasteiger partial charge on any atom is -0.428 e. The van der Waals surface area contributed by atoms with E-state index in [0.29, 0.717) is 10.5 Å². The molecule has 0 saturated carbocycles. The van der Waals surface area contributed by atoms with Gasteiger partial charge in [-0.05, 0) is 0 Å². The molecule has 0 amide bonds. The van der Waals surface area contributed by atoms with Gasteiger partial charge in [-0.15, -0.1) is 0 Å². The molecule has 11 aliphatic rings. The van der Waals surface area contributed by atoms with Crippen LogP contribution >= 0.6 is 0 Å². The molecule has 0 N–H and O–H groups in total. The summed E-state index contributed by atoms with van der Waals surface area (Å²) < 4.78 is 180. The first-order valence-electron chi connectivity index (χ1n) is 15.7. The van der Waals surface area contributed by atoms with Gasteiger partial charge in [-0.1, -0.05) is 0 Å². The first kappa shape index (κ1) is 39.0. The van der Waals surface area contributed by atoms with Gasteiger partial charge in [0.15, 0.2) is 0 Å². The largest absolute Gasteiger partial charge is 0.461 e. The molecule has 11 saturated heterocycles. The van der Waals surface area contributed by atoms with Crippen LogP contribution in [0.25, 0.3) is 0 Å². The van der Waals surface area contributed by atoms with Crippen LogP contribution in [0, 0.1) is 0 Å². The molecule has 0 aliphatic carbocycles. The van der Waals surface area contributed by atoms with Crippen molar-refractivity contribution in [2.45, 2.75) is 77.3 Å². The zero-order valence-electron chi connectivity index (χ0n) is 26.9. The third-order valence-corrected chi connectivity index (χ3v) is 33.5. The molecule has 11 aliphatic heterocycles. The lowest BCUT2D eigenvalue weighted by molar-refractivity contribution is -0.635. The Kier molecular flexibility index (Phi) is 12.1. The molecule has 0 radical (unpaired) electrons. The first-order valence-corrected chi connectivity index (χ1v) is 30.4. The van der Waals surface area contributed by atoms with Crippen LogP contribution in [-0.2, 0) is 142 Å². The van der Waals surface area contributed by atoms with Gasteiger partial charge in [-0.3, -0.25) is 80.5 Å². The Balaban J connectivity index is 0.000000129. The summed E-state index contributed by atoms with van der Waals surface area (Å²) in [5.41, 5.74) is 0. The molecule has 0 aromatic carbocycles. The van der Waals surface area contributed by atoms with Crippen molar-refractivity contribution in [3.8, 4) is 0 Å². The van der Waals surface area contributed by atoms with Crippen LogP contribution < -0.4 is 0 Å². The second-order valence-corrected chi connectivity index (χ2v) is 33.9. The highest BCUT2D eigenvalue weighted by molar-refractivity contribution is 6.80. The van der Waals surface area contributed by atoms with Crippen molar-refractivity contribution in [3.05, 3.63) is 0 Å². The van der Waals surface area contributed by atoms with Gasteiger partial charge in [0.1, 0.15) is 10.5 Å². The molecular weight excluding hydrogens is 965 g/mol. The highest BCUT2D eigenvalue weighted by Gasteiger charge is 2.54. The van der Waals surface area contributed by atoms with E-state index in [1.807, 2.05) is 0 Å². The second-order valence-electron chi connectivity index (χ2n) is 10.9. The Labute approximate surface area is 325 Å². The minimum atomic E-state index is -2.74. The fourth-order valence-corrected chi connectivity index (χ4v) is 40.2. The average molecular weight is 991 g/mol.